The van der Waals surface area contributed by atoms with E-state index < -0.39 is 0 Å². The Morgan fingerprint density at radius 1 is 1.10 bits per heavy atom. The van der Waals surface area contributed by atoms with Gasteiger partial charge in [-0.15, -0.1) is 0 Å². The van der Waals surface area contributed by atoms with Gasteiger partial charge in [-0.25, -0.2) is 4.98 Å². The predicted molar refractivity (Wildman–Crippen MR) is 86.9 cm³/mol. The van der Waals surface area contributed by atoms with E-state index in [1.165, 1.54) is 16.9 Å². The van der Waals surface area contributed by atoms with Gasteiger partial charge < -0.3 is 5.32 Å². The molecule has 3 rings (SSSR count). The number of nitrogens with one attached hydrogen (secondary N) is 1. The van der Waals surface area contributed by atoms with Crippen LogP contribution in [0.3, 0.4) is 0 Å². The van der Waals surface area contributed by atoms with Gasteiger partial charge in [0.15, 0.2) is 5.13 Å². The molecule has 0 saturated heterocycles. The minimum absolute atomic E-state index is 0.220. The molecule has 1 aromatic carbocycles. The highest BCUT2D eigenvalue weighted by atomic mass is 32.1. The number of nitrogens with zero attached hydrogens (tertiary/aromatic N) is 2. The van der Waals surface area contributed by atoms with Crippen LogP contribution < -0.4 is 10.9 Å². The summed E-state index contributed by atoms with van der Waals surface area (Å²) in [6.07, 6.45) is 3.69. The third kappa shape index (κ3) is 3.44. The minimum Gasteiger partial charge on any atom is -0.361 e. The third-order valence-corrected chi connectivity index (χ3v) is 4.11. The summed E-state index contributed by atoms with van der Waals surface area (Å²) in [5.74, 6) is 0. The van der Waals surface area contributed by atoms with E-state index in [-0.39, 0.29) is 5.56 Å². The van der Waals surface area contributed by atoms with Gasteiger partial charge in [-0.05, 0) is 30.5 Å². The quantitative estimate of drug-likeness (QED) is 0.735. The fourth-order valence-electron chi connectivity index (χ4n) is 2.11. The Morgan fingerprint density at radius 2 is 1.95 bits per heavy atom. The van der Waals surface area contributed by atoms with Gasteiger partial charge in [-0.2, -0.15) is 4.98 Å². The highest BCUT2D eigenvalue weighted by Crippen LogP contribution is 2.18. The number of aryl methyl sites for hydroxylation is 1. The standard InChI is InChI=1S/C16H15N3OS/c20-14-13-9-5-10-17-15(13)21-16(19-14)18-11-4-8-12-6-2-1-3-7-12/h1-3,5-7,9-10H,4,8,11H2,(H,18,19,20). The Labute approximate surface area is 126 Å². The maximum absolute atomic E-state index is 11.9. The number of anilines is 1. The Kier molecular flexibility index (Phi) is 4.21. The van der Waals surface area contributed by atoms with E-state index in [2.05, 4.69) is 27.4 Å². The number of rotatable bonds is 5. The molecule has 0 fully saturated rings. The highest BCUT2D eigenvalue weighted by molar-refractivity contribution is 7.21. The van der Waals surface area contributed by atoms with Crippen molar-refractivity contribution in [3.63, 3.8) is 0 Å². The van der Waals surface area contributed by atoms with Crippen molar-refractivity contribution in [2.45, 2.75) is 12.8 Å². The Hall–Kier alpha value is -2.27. The van der Waals surface area contributed by atoms with Crippen LogP contribution in [0.5, 0.6) is 0 Å². The molecule has 0 saturated carbocycles. The first kappa shape index (κ1) is 13.7. The molecule has 0 amide bonds. The van der Waals surface area contributed by atoms with Crippen LogP contribution in [0.4, 0.5) is 5.13 Å². The molecule has 21 heavy (non-hydrogen) atoms. The summed E-state index contributed by atoms with van der Waals surface area (Å²) in [4.78, 5) is 20.9. The van der Waals surface area contributed by atoms with Gasteiger partial charge in [0.05, 0.1) is 5.39 Å². The van der Waals surface area contributed by atoms with Gasteiger partial charge >= 0.3 is 0 Å². The molecule has 106 valence electrons. The second-order valence-corrected chi connectivity index (χ2v) is 5.67. The monoisotopic (exact) mass is 297 g/mol. The van der Waals surface area contributed by atoms with Crippen LogP contribution >= 0.6 is 11.3 Å². The molecule has 5 heteroatoms. The minimum atomic E-state index is -0.220. The zero-order valence-electron chi connectivity index (χ0n) is 11.5. The lowest BCUT2D eigenvalue weighted by Crippen LogP contribution is -2.11. The van der Waals surface area contributed by atoms with Crippen LogP contribution in [0.1, 0.15) is 12.0 Å². The van der Waals surface area contributed by atoms with E-state index in [0.29, 0.717) is 10.5 Å². The molecular weight excluding hydrogens is 282 g/mol. The van der Waals surface area contributed by atoms with Crippen molar-refractivity contribution in [2.24, 2.45) is 0 Å². The number of benzene rings is 1. The van der Waals surface area contributed by atoms with E-state index >= 15 is 0 Å². The average molecular weight is 297 g/mol. The summed E-state index contributed by atoms with van der Waals surface area (Å²) in [5, 5.41) is 4.43. The second-order valence-electron chi connectivity index (χ2n) is 4.70. The molecule has 0 aliphatic heterocycles. The molecule has 0 spiro atoms. The summed E-state index contributed by atoms with van der Waals surface area (Å²) < 4.78 is 0. The van der Waals surface area contributed by atoms with Crippen molar-refractivity contribution < 1.29 is 0 Å². The summed E-state index contributed by atoms with van der Waals surface area (Å²) in [6.45, 7) is 0.788. The largest absolute Gasteiger partial charge is 0.361 e. The molecule has 4 nitrogen and oxygen atoms in total. The van der Waals surface area contributed by atoms with E-state index in [4.69, 9.17) is 0 Å². The number of aromatic nitrogens is 2. The zero-order chi connectivity index (χ0) is 14.5. The predicted octanol–water partition coefficient (Wildman–Crippen LogP) is 3.10. The number of fused-ring (bicyclic) bond motifs is 1. The molecule has 0 bridgehead atoms. The topological polar surface area (TPSA) is 54.9 Å². The molecule has 2 aromatic heterocycles. The summed E-state index contributed by atoms with van der Waals surface area (Å²) in [6, 6.07) is 13.9. The van der Waals surface area contributed by atoms with Crippen LogP contribution in [-0.4, -0.2) is 16.5 Å². The second kappa shape index (κ2) is 6.45. The zero-order valence-corrected chi connectivity index (χ0v) is 12.3. The third-order valence-electron chi connectivity index (χ3n) is 3.16. The van der Waals surface area contributed by atoms with Gasteiger partial charge in [0.1, 0.15) is 4.83 Å². The molecule has 1 N–H and O–H groups in total. The van der Waals surface area contributed by atoms with Crippen LogP contribution in [0.2, 0.25) is 0 Å². The van der Waals surface area contributed by atoms with Crippen molar-refractivity contribution in [3.8, 4) is 0 Å². The van der Waals surface area contributed by atoms with E-state index in [1.54, 1.807) is 18.3 Å². The highest BCUT2D eigenvalue weighted by Gasteiger charge is 2.04. The lowest BCUT2D eigenvalue weighted by molar-refractivity contribution is 0.861. The molecule has 0 aliphatic rings. The molecule has 0 radical (unpaired) electrons. The summed E-state index contributed by atoms with van der Waals surface area (Å²) >= 11 is 1.41. The van der Waals surface area contributed by atoms with Crippen molar-refractivity contribution in [2.75, 3.05) is 11.9 Å². The van der Waals surface area contributed by atoms with Gasteiger partial charge in [0, 0.05) is 12.7 Å². The molecule has 0 unspecified atom stereocenters. The molecule has 2 heterocycles. The van der Waals surface area contributed by atoms with Gasteiger partial charge in [0.25, 0.3) is 5.56 Å². The Morgan fingerprint density at radius 3 is 2.81 bits per heavy atom. The van der Waals surface area contributed by atoms with Crippen molar-refractivity contribution in [3.05, 3.63) is 64.6 Å². The normalized spacial score (nSPS) is 10.7. The Balaban J connectivity index is 1.62. The van der Waals surface area contributed by atoms with Crippen molar-refractivity contribution >= 4 is 26.7 Å². The van der Waals surface area contributed by atoms with Gasteiger partial charge in [-0.3, -0.25) is 4.79 Å². The van der Waals surface area contributed by atoms with E-state index in [0.717, 1.165) is 24.2 Å². The first-order chi connectivity index (χ1) is 10.3. The maximum atomic E-state index is 11.9. The van der Waals surface area contributed by atoms with Crippen molar-refractivity contribution in [1.29, 1.82) is 0 Å². The number of hydrogen-bond acceptors (Lipinski definition) is 5. The molecule has 0 atom stereocenters. The van der Waals surface area contributed by atoms with Crippen LogP contribution in [0.25, 0.3) is 10.2 Å². The van der Waals surface area contributed by atoms with Gasteiger partial charge in [0.2, 0.25) is 0 Å². The number of pyridine rings is 1. The maximum Gasteiger partial charge on any atom is 0.282 e. The lowest BCUT2D eigenvalue weighted by Gasteiger charge is -2.05. The van der Waals surface area contributed by atoms with Crippen LogP contribution in [0, 0.1) is 0 Å². The smallest absolute Gasteiger partial charge is 0.282 e. The summed E-state index contributed by atoms with van der Waals surface area (Å²) in [5.41, 5.74) is 1.10. The van der Waals surface area contributed by atoms with Crippen LogP contribution in [-0.2, 0) is 6.42 Å². The molecule has 3 aromatic rings. The molecular formula is C16H15N3OS. The van der Waals surface area contributed by atoms with Crippen molar-refractivity contribution in [1.82, 2.24) is 9.97 Å². The van der Waals surface area contributed by atoms with Crippen LogP contribution in [0.15, 0.2) is 53.5 Å². The van der Waals surface area contributed by atoms with E-state index in [1.807, 2.05) is 18.2 Å². The van der Waals surface area contributed by atoms with Gasteiger partial charge in [-0.1, -0.05) is 41.7 Å². The average Bonchev–Trinajstić information content (AvgIpc) is 2.53. The number of hydrogen-bond donors (Lipinski definition) is 1. The SMILES string of the molecule is O=c1nc(NCCCc2ccccc2)sc2ncccc12. The fourth-order valence-corrected chi connectivity index (χ4v) is 2.97. The molecule has 0 aliphatic carbocycles. The lowest BCUT2D eigenvalue weighted by atomic mass is 10.1. The fraction of sp³-hybridized carbons (Fsp3) is 0.188. The summed E-state index contributed by atoms with van der Waals surface area (Å²) in [7, 11) is 0. The van der Waals surface area contributed by atoms with E-state index in [9.17, 15) is 4.79 Å². The first-order valence-corrected chi connectivity index (χ1v) is 7.68. The Bertz CT molecular complexity index is 786. The first-order valence-electron chi connectivity index (χ1n) is 6.86.